The van der Waals surface area contributed by atoms with Crippen molar-refractivity contribution >= 4 is 44.8 Å². The number of sulfonamides is 1. The van der Waals surface area contributed by atoms with Crippen molar-refractivity contribution in [2.45, 2.75) is 23.8 Å². The number of hydrogen-bond acceptors (Lipinski definition) is 3. The molecule has 0 fully saturated rings. The summed E-state index contributed by atoms with van der Waals surface area (Å²) in [4.78, 5) is 12.5. The van der Waals surface area contributed by atoms with Crippen LogP contribution in [-0.4, -0.2) is 25.2 Å². The maximum Gasteiger partial charge on any atom is 0.416 e. The van der Waals surface area contributed by atoms with Gasteiger partial charge in [0.05, 0.1) is 22.6 Å². The second-order valence-electron chi connectivity index (χ2n) is 7.70. The van der Waals surface area contributed by atoms with Crippen LogP contribution in [0.1, 0.15) is 16.7 Å². The van der Waals surface area contributed by atoms with Crippen molar-refractivity contribution in [1.82, 2.24) is 4.31 Å². The Morgan fingerprint density at radius 3 is 1.70 bits per heavy atom. The minimum absolute atomic E-state index is 0.0898. The molecule has 0 aliphatic heterocycles. The van der Waals surface area contributed by atoms with Crippen LogP contribution in [0.15, 0.2) is 71.6 Å². The summed E-state index contributed by atoms with van der Waals surface area (Å²) in [5.41, 5.74) is -3.66. The molecule has 0 aromatic heterocycles. The molecule has 37 heavy (non-hydrogen) atoms. The van der Waals surface area contributed by atoms with E-state index in [2.05, 4.69) is 0 Å². The normalized spacial score (nSPS) is 12.6. The van der Waals surface area contributed by atoms with Crippen molar-refractivity contribution in [3.63, 3.8) is 0 Å². The van der Waals surface area contributed by atoms with Crippen LogP contribution in [-0.2, 0) is 33.7 Å². The first kappa shape index (κ1) is 28.8. The molecule has 3 aromatic carbocycles. The highest BCUT2D eigenvalue weighted by molar-refractivity contribution is 7.89. The van der Waals surface area contributed by atoms with E-state index in [1.54, 1.807) is 0 Å². The largest absolute Gasteiger partial charge is 0.416 e. The molecule has 5 nitrogen and oxygen atoms in total. The van der Waals surface area contributed by atoms with Gasteiger partial charge in [-0.3, -0.25) is 4.79 Å². The molecule has 0 saturated heterocycles. The van der Waals surface area contributed by atoms with Crippen LogP contribution in [0.4, 0.5) is 32.0 Å². The van der Waals surface area contributed by atoms with Crippen molar-refractivity contribution in [2.24, 2.45) is 0 Å². The molecule has 1 amide bonds. The van der Waals surface area contributed by atoms with Gasteiger partial charge in [-0.2, -0.15) is 30.6 Å². The fraction of sp³-hybridized carbons (Fsp3) is 0.174. The molecule has 1 N–H and O–H groups in total. The monoisotopic (exact) mass is 584 g/mol. The molecule has 0 aliphatic carbocycles. The Hall–Kier alpha value is -2.80. The van der Waals surface area contributed by atoms with Crippen LogP contribution in [0, 0.1) is 0 Å². The molecule has 0 heterocycles. The van der Waals surface area contributed by atoms with Crippen LogP contribution >= 0.6 is 23.2 Å². The zero-order chi connectivity index (χ0) is 27.6. The predicted molar refractivity (Wildman–Crippen MR) is 126 cm³/mol. The van der Waals surface area contributed by atoms with E-state index < -0.39 is 51.6 Å². The first-order valence-corrected chi connectivity index (χ1v) is 12.3. The van der Waals surface area contributed by atoms with Crippen LogP contribution in [0.5, 0.6) is 0 Å². The molecule has 3 aromatic rings. The molecule has 3 rings (SSSR count). The lowest BCUT2D eigenvalue weighted by atomic mass is 10.1. The summed E-state index contributed by atoms with van der Waals surface area (Å²) in [5, 5.41) is 2.54. The maximum atomic E-state index is 13.3. The Bertz CT molecular complexity index is 1350. The fourth-order valence-electron chi connectivity index (χ4n) is 3.16. The number of nitrogens with one attached hydrogen (secondary N) is 1. The molecular formula is C23H16Cl2F6N2O3S. The van der Waals surface area contributed by atoms with Crippen LogP contribution < -0.4 is 5.32 Å². The zero-order valence-corrected chi connectivity index (χ0v) is 20.7. The molecule has 0 unspecified atom stereocenters. The Labute approximate surface area is 217 Å². The Balaban J connectivity index is 1.94. The molecule has 0 atom stereocenters. The highest BCUT2D eigenvalue weighted by Crippen LogP contribution is 2.37. The van der Waals surface area contributed by atoms with Gasteiger partial charge in [0, 0.05) is 22.3 Å². The number of alkyl halides is 6. The molecular weight excluding hydrogens is 569 g/mol. The summed E-state index contributed by atoms with van der Waals surface area (Å²) in [5.74, 6) is -1.17. The number of rotatable bonds is 7. The third-order valence-corrected chi connectivity index (χ3v) is 7.22. The minimum Gasteiger partial charge on any atom is -0.325 e. The summed E-state index contributed by atoms with van der Waals surface area (Å²) in [6.07, 6.45) is -10.3. The van der Waals surface area contributed by atoms with E-state index in [9.17, 15) is 39.6 Å². The van der Waals surface area contributed by atoms with E-state index in [0.717, 1.165) is 0 Å². The number of carbonyl (C=O) groups is 1. The van der Waals surface area contributed by atoms with Crippen molar-refractivity contribution in [2.75, 3.05) is 11.9 Å². The van der Waals surface area contributed by atoms with Crippen molar-refractivity contribution in [3.8, 4) is 0 Å². The number of anilines is 1. The van der Waals surface area contributed by atoms with E-state index in [0.29, 0.717) is 27.0 Å². The third-order valence-electron chi connectivity index (χ3n) is 4.91. The smallest absolute Gasteiger partial charge is 0.325 e. The average molecular weight is 585 g/mol. The number of hydrogen-bond donors (Lipinski definition) is 1. The molecule has 0 bridgehead atoms. The van der Waals surface area contributed by atoms with Gasteiger partial charge in [-0.15, -0.1) is 0 Å². The lowest BCUT2D eigenvalue weighted by molar-refractivity contribution is -0.143. The lowest BCUT2D eigenvalue weighted by Crippen LogP contribution is -2.37. The van der Waals surface area contributed by atoms with E-state index in [4.69, 9.17) is 23.2 Å². The quantitative estimate of drug-likeness (QED) is 0.308. The molecule has 0 spiro atoms. The molecule has 0 radical (unpaired) electrons. The second kappa shape index (κ2) is 10.9. The van der Waals surface area contributed by atoms with Gasteiger partial charge in [-0.1, -0.05) is 35.3 Å². The highest BCUT2D eigenvalue weighted by atomic mass is 35.5. The molecule has 0 aliphatic rings. The standard InChI is InChI=1S/C23H16Cl2F6N2O3S/c24-17-3-1-14(2-4-17)12-33(37(35,36)20-7-5-18(25)6-8-20)13-21(34)32-19-10-15(22(26,27)28)9-16(11-19)23(29,30)31/h1-11H,12-13H2,(H,32,34). The molecule has 0 saturated carbocycles. The van der Waals surface area contributed by atoms with E-state index in [1.165, 1.54) is 48.5 Å². The van der Waals surface area contributed by atoms with Gasteiger partial charge in [-0.05, 0) is 60.2 Å². The van der Waals surface area contributed by atoms with Crippen molar-refractivity contribution < 1.29 is 39.6 Å². The summed E-state index contributed by atoms with van der Waals surface area (Å²) < 4.78 is 106. The number of nitrogens with zero attached hydrogens (tertiary/aromatic N) is 1. The zero-order valence-electron chi connectivity index (χ0n) is 18.4. The SMILES string of the molecule is O=C(CN(Cc1ccc(Cl)cc1)S(=O)(=O)c1ccc(Cl)cc1)Nc1cc(C(F)(F)F)cc(C(F)(F)F)c1. The molecule has 198 valence electrons. The third kappa shape index (κ3) is 7.60. The summed E-state index contributed by atoms with van der Waals surface area (Å²) >= 11 is 11.6. The van der Waals surface area contributed by atoms with Crippen LogP contribution in [0.2, 0.25) is 10.0 Å². The summed E-state index contributed by atoms with van der Waals surface area (Å²) in [6.45, 7) is -1.28. The van der Waals surface area contributed by atoms with Gasteiger partial charge in [0.15, 0.2) is 0 Å². The summed E-state index contributed by atoms with van der Waals surface area (Å²) in [7, 11) is -4.36. The first-order chi connectivity index (χ1) is 17.1. The number of amides is 1. The Morgan fingerprint density at radius 2 is 1.24 bits per heavy atom. The average Bonchev–Trinajstić information content (AvgIpc) is 2.79. The number of carbonyl (C=O) groups excluding carboxylic acids is 1. The van der Waals surface area contributed by atoms with Crippen LogP contribution in [0.3, 0.4) is 0 Å². The Morgan fingerprint density at radius 1 is 0.784 bits per heavy atom. The van der Waals surface area contributed by atoms with Crippen LogP contribution in [0.25, 0.3) is 0 Å². The van der Waals surface area contributed by atoms with E-state index >= 15 is 0 Å². The van der Waals surface area contributed by atoms with E-state index in [-0.39, 0.29) is 22.5 Å². The Kier molecular flexibility index (Phi) is 8.47. The van der Waals surface area contributed by atoms with Gasteiger partial charge in [0.25, 0.3) is 0 Å². The van der Waals surface area contributed by atoms with E-state index in [1.807, 2.05) is 5.32 Å². The topological polar surface area (TPSA) is 66.5 Å². The summed E-state index contributed by atoms with van der Waals surface area (Å²) in [6, 6.07) is 11.5. The van der Waals surface area contributed by atoms with Gasteiger partial charge in [0.2, 0.25) is 15.9 Å². The number of benzene rings is 3. The highest BCUT2D eigenvalue weighted by Gasteiger charge is 2.37. The van der Waals surface area contributed by atoms with Gasteiger partial charge >= 0.3 is 12.4 Å². The molecule has 14 heteroatoms. The maximum absolute atomic E-state index is 13.3. The predicted octanol–water partition coefficient (Wildman–Crippen LogP) is 6.86. The minimum atomic E-state index is -5.13. The second-order valence-corrected chi connectivity index (χ2v) is 10.5. The fourth-order valence-corrected chi connectivity index (χ4v) is 4.80. The van der Waals surface area contributed by atoms with Gasteiger partial charge in [-0.25, -0.2) is 8.42 Å². The first-order valence-electron chi connectivity index (χ1n) is 10.2. The van der Waals surface area contributed by atoms with Gasteiger partial charge < -0.3 is 5.32 Å². The van der Waals surface area contributed by atoms with Gasteiger partial charge in [0.1, 0.15) is 0 Å². The number of halogens is 8. The van der Waals surface area contributed by atoms with Crippen molar-refractivity contribution in [1.29, 1.82) is 0 Å². The van der Waals surface area contributed by atoms with Crippen molar-refractivity contribution in [3.05, 3.63) is 93.5 Å². The lowest BCUT2D eigenvalue weighted by Gasteiger charge is -2.22.